The summed E-state index contributed by atoms with van der Waals surface area (Å²) in [5, 5.41) is 21.4. The van der Waals surface area contributed by atoms with Gasteiger partial charge < -0.3 is 19.9 Å². The maximum Gasteiger partial charge on any atom is 0.335 e. The molecule has 0 aliphatic heterocycles. The summed E-state index contributed by atoms with van der Waals surface area (Å²) in [6.45, 7) is 4.15. The first-order valence-corrected chi connectivity index (χ1v) is 11.6. The van der Waals surface area contributed by atoms with Crippen molar-refractivity contribution < 1.29 is 24.2 Å². The van der Waals surface area contributed by atoms with Crippen molar-refractivity contribution in [2.75, 3.05) is 12.4 Å². The Balaban J connectivity index is 1.79. The number of anilines is 1. The lowest BCUT2D eigenvalue weighted by Crippen LogP contribution is -2.13. The normalized spacial score (nSPS) is 10.9. The third-order valence-corrected chi connectivity index (χ3v) is 6.08. The minimum atomic E-state index is -0.989. The Hall–Kier alpha value is -3.84. The number of methoxy groups -OCH3 is 1. The lowest BCUT2D eigenvalue weighted by Gasteiger charge is -2.14. The zero-order valence-corrected chi connectivity index (χ0v) is 21.5. The van der Waals surface area contributed by atoms with E-state index in [9.17, 15) is 14.9 Å². The molecule has 0 aromatic heterocycles. The monoisotopic (exact) mass is 582 g/mol. The van der Waals surface area contributed by atoms with E-state index in [1.165, 1.54) is 25.3 Å². The molecule has 0 aliphatic carbocycles. The van der Waals surface area contributed by atoms with Crippen LogP contribution < -0.4 is 14.8 Å². The number of aryl methyl sites for hydroxylation is 2. The molecule has 0 saturated carbocycles. The van der Waals surface area contributed by atoms with Gasteiger partial charge in [-0.2, -0.15) is 5.26 Å². The van der Waals surface area contributed by atoms with Crippen LogP contribution in [0.1, 0.15) is 32.6 Å². The average molecular weight is 582 g/mol. The minimum absolute atomic E-state index is 0.0479. The highest BCUT2D eigenvalue weighted by Crippen LogP contribution is 2.35. The number of carbonyl (C=O) groups is 2. The van der Waals surface area contributed by atoms with E-state index in [0.717, 1.165) is 20.3 Å². The van der Waals surface area contributed by atoms with E-state index in [-0.39, 0.29) is 17.7 Å². The Kier molecular flexibility index (Phi) is 8.49. The Morgan fingerprint density at radius 2 is 1.80 bits per heavy atom. The van der Waals surface area contributed by atoms with Gasteiger partial charge in [0.15, 0.2) is 11.5 Å². The van der Waals surface area contributed by atoms with Crippen LogP contribution in [0.5, 0.6) is 11.5 Å². The van der Waals surface area contributed by atoms with Crippen LogP contribution >= 0.6 is 22.6 Å². The number of hydrogen-bond donors (Lipinski definition) is 2. The molecule has 0 spiro atoms. The van der Waals surface area contributed by atoms with Crippen LogP contribution in [0.2, 0.25) is 0 Å². The van der Waals surface area contributed by atoms with Crippen molar-refractivity contribution >= 4 is 46.2 Å². The molecular formula is C27H23IN2O5. The number of nitrogens with one attached hydrogen (secondary N) is 1. The highest BCUT2D eigenvalue weighted by Gasteiger charge is 2.15. The molecule has 0 radical (unpaired) electrons. The molecule has 0 fully saturated rings. The molecule has 2 N–H and O–H groups in total. The SMILES string of the molecule is COc1cc(/C=C(\C#N)C(=O)Nc2ccc(C)c(C)c2)cc(I)c1OCc1ccc(C(=O)O)cc1. The van der Waals surface area contributed by atoms with Crippen molar-refractivity contribution in [2.45, 2.75) is 20.5 Å². The zero-order valence-electron chi connectivity index (χ0n) is 19.4. The summed E-state index contributed by atoms with van der Waals surface area (Å²) in [6.07, 6.45) is 1.50. The number of ether oxygens (including phenoxy) is 2. The van der Waals surface area contributed by atoms with Gasteiger partial charge in [-0.1, -0.05) is 18.2 Å². The molecule has 0 aliphatic rings. The average Bonchev–Trinajstić information content (AvgIpc) is 2.84. The fourth-order valence-electron chi connectivity index (χ4n) is 3.20. The van der Waals surface area contributed by atoms with Gasteiger partial charge in [0.1, 0.15) is 18.2 Å². The van der Waals surface area contributed by atoms with Crippen LogP contribution in [0.25, 0.3) is 6.08 Å². The van der Waals surface area contributed by atoms with Gasteiger partial charge in [0, 0.05) is 5.69 Å². The van der Waals surface area contributed by atoms with Gasteiger partial charge in [0.2, 0.25) is 0 Å². The van der Waals surface area contributed by atoms with E-state index in [4.69, 9.17) is 14.6 Å². The number of nitrogens with zero attached hydrogens (tertiary/aromatic N) is 1. The Morgan fingerprint density at radius 3 is 2.40 bits per heavy atom. The van der Waals surface area contributed by atoms with E-state index >= 15 is 0 Å². The van der Waals surface area contributed by atoms with E-state index < -0.39 is 11.9 Å². The van der Waals surface area contributed by atoms with E-state index in [0.29, 0.717) is 22.7 Å². The minimum Gasteiger partial charge on any atom is -0.493 e. The van der Waals surface area contributed by atoms with Crippen LogP contribution in [0.15, 0.2) is 60.2 Å². The fourth-order valence-corrected chi connectivity index (χ4v) is 3.98. The van der Waals surface area contributed by atoms with Crippen LogP contribution in [0.4, 0.5) is 5.69 Å². The fraction of sp³-hybridized carbons (Fsp3) is 0.148. The number of hydrogen-bond acceptors (Lipinski definition) is 5. The summed E-state index contributed by atoms with van der Waals surface area (Å²) in [7, 11) is 1.51. The first-order chi connectivity index (χ1) is 16.7. The van der Waals surface area contributed by atoms with Crippen molar-refractivity contribution in [1.29, 1.82) is 5.26 Å². The van der Waals surface area contributed by atoms with Crippen LogP contribution in [0, 0.1) is 28.7 Å². The number of halogens is 1. The Labute approximate surface area is 217 Å². The third kappa shape index (κ3) is 6.61. The molecule has 0 saturated heterocycles. The molecule has 3 aromatic rings. The van der Waals surface area contributed by atoms with Gasteiger partial charge in [-0.15, -0.1) is 0 Å². The topological polar surface area (TPSA) is 109 Å². The lowest BCUT2D eigenvalue weighted by molar-refractivity contribution is -0.112. The van der Waals surface area contributed by atoms with Crippen molar-refractivity contribution in [1.82, 2.24) is 0 Å². The summed E-state index contributed by atoms with van der Waals surface area (Å²) in [6, 6.07) is 17.4. The number of rotatable bonds is 8. The maximum atomic E-state index is 12.7. The highest BCUT2D eigenvalue weighted by atomic mass is 127. The van der Waals surface area contributed by atoms with Crippen molar-refractivity contribution in [2.24, 2.45) is 0 Å². The summed E-state index contributed by atoms with van der Waals surface area (Å²) in [4.78, 5) is 23.7. The quantitative estimate of drug-likeness (QED) is 0.199. The molecule has 0 atom stereocenters. The standard InChI is InChI=1S/C27H23IN2O5/c1-16-4-9-22(10-17(16)2)30-26(31)21(14-29)11-19-12-23(28)25(24(13-19)34-3)35-15-18-5-7-20(8-6-18)27(32)33/h4-13H,15H2,1-3H3,(H,30,31)(H,32,33)/b21-11+. The van der Waals surface area contributed by atoms with Gasteiger partial charge >= 0.3 is 5.97 Å². The second-order valence-corrected chi connectivity index (χ2v) is 8.91. The smallest absolute Gasteiger partial charge is 0.335 e. The zero-order chi connectivity index (χ0) is 25.5. The van der Waals surface area contributed by atoms with Crippen LogP contribution in [0.3, 0.4) is 0 Å². The molecule has 7 nitrogen and oxygen atoms in total. The predicted octanol–water partition coefficient (Wildman–Crippen LogP) is 5.74. The number of carboxylic acids is 1. The van der Waals surface area contributed by atoms with Crippen LogP contribution in [-0.4, -0.2) is 24.1 Å². The Morgan fingerprint density at radius 1 is 1.09 bits per heavy atom. The number of aromatic carboxylic acids is 1. The number of benzene rings is 3. The molecule has 3 rings (SSSR count). The van der Waals surface area contributed by atoms with Crippen LogP contribution in [-0.2, 0) is 11.4 Å². The van der Waals surface area contributed by atoms with Gasteiger partial charge in [0.25, 0.3) is 5.91 Å². The van der Waals surface area contributed by atoms with E-state index in [2.05, 4.69) is 27.9 Å². The van der Waals surface area contributed by atoms with E-state index in [1.54, 1.807) is 30.3 Å². The maximum absolute atomic E-state index is 12.7. The second-order valence-electron chi connectivity index (χ2n) is 7.75. The number of carboxylic acid groups (broad SMARTS) is 1. The first kappa shape index (κ1) is 25.8. The number of nitriles is 1. The summed E-state index contributed by atoms with van der Waals surface area (Å²) >= 11 is 2.10. The molecule has 0 heterocycles. The molecular weight excluding hydrogens is 559 g/mol. The lowest BCUT2D eigenvalue weighted by atomic mass is 10.1. The summed E-state index contributed by atoms with van der Waals surface area (Å²) < 4.78 is 12.1. The first-order valence-electron chi connectivity index (χ1n) is 10.5. The molecule has 8 heteroatoms. The van der Waals surface area contributed by atoms with Crippen molar-refractivity contribution in [3.63, 3.8) is 0 Å². The Bertz CT molecular complexity index is 1340. The highest BCUT2D eigenvalue weighted by molar-refractivity contribution is 14.1. The molecule has 1 amide bonds. The van der Waals surface area contributed by atoms with E-state index in [1.807, 2.05) is 32.0 Å². The summed E-state index contributed by atoms with van der Waals surface area (Å²) in [5.74, 6) is -0.547. The third-order valence-electron chi connectivity index (χ3n) is 5.28. The molecule has 178 valence electrons. The molecule has 35 heavy (non-hydrogen) atoms. The van der Waals surface area contributed by atoms with Gasteiger partial charge in [-0.3, -0.25) is 4.79 Å². The van der Waals surface area contributed by atoms with Crippen molar-refractivity contribution in [3.05, 3.63) is 91.6 Å². The van der Waals surface area contributed by atoms with Gasteiger partial charge in [0.05, 0.1) is 16.2 Å². The number of carbonyl (C=O) groups excluding carboxylic acids is 1. The molecule has 3 aromatic carbocycles. The summed E-state index contributed by atoms with van der Waals surface area (Å²) in [5.41, 5.74) is 4.33. The second kappa shape index (κ2) is 11.5. The predicted molar refractivity (Wildman–Crippen MR) is 142 cm³/mol. The van der Waals surface area contributed by atoms with Crippen molar-refractivity contribution in [3.8, 4) is 17.6 Å². The largest absolute Gasteiger partial charge is 0.493 e. The van der Waals surface area contributed by atoms with Gasteiger partial charge in [-0.05, 0) is 101 Å². The number of amides is 1. The van der Waals surface area contributed by atoms with Gasteiger partial charge in [-0.25, -0.2) is 4.79 Å². The molecule has 0 unspecified atom stereocenters. The molecule has 0 bridgehead atoms.